The van der Waals surface area contributed by atoms with Gasteiger partial charge in [-0.05, 0) is 36.8 Å². The predicted octanol–water partition coefficient (Wildman–Crippen LogP) is 1.69. The fourth-order valence-corrected chi connectivity index (χ4v) is 3.20. The molecule has 0 aliphatic carbocycles. The van der Waals surface area contributed by atoms with Crippen LogP contribution < -0.4 is 11.2 Å². The highest BCUT2D eigenvalue weighted by Gasteiger charge is 2.21. The molecule has 0 atom stereocenters. The first-order chi connectivity index (χ1) is 14.0. The van der Waals surface area contributed by atoms with Crippen molar-refractivity contribution in [3.8, 4) is 17.2 Å². The third kappa shape index (κ3) is 3.29. The van der Waals surface area contributed by atoms with Gasteiger partial charge in [-0.1, -0.05) is 24.3 Å². The van der Waals surface area contributed by atoms with Crippen molar-refractivity contribution in [1.29, 1.82) is 0 Å². The van der Waals surface area contributed by atoms with Gasteiger partial charge in [0.1, 0.15) is 0 Å². The number of nitrogens with zero attached hydrogens (tertiary/aromatic N) is 4. The van der Waals surface area contributed by atoms with Gasteiger partial charge in [-0.25, -0.2) is 9.78 Å². The fourth-order valence-electron chi connectivity index (χ4n) is 3.20. The second kappa shape index (κ2) is 7.31. The molecule has 0 fully saturated rings. The number of esters is 1. The van der Waals surface area contributed by atoms with Gasteiger partial charge in [0.25, 0.3) is 5.56 Å². The van der Waals surface area contributed by atoms with Crippen LogP contribution in [0.25, 0.3) is 28.2 Å². The zero-order chi connectivity index (χ0) is 20.5. The molecule has 0 amide bonds. The zero-order valence-corrected chi connectivity index (χ0v) is 16.0. The maximum Gasteiger partial charge on any atom is 0.352 e. The van der Waals surface area contributed by atoms with Crippen LogP contribution in [0.1, 0.15) is 12.5 Å². The maximum absolute atomic E-state index is 12.6. The molecular weight excluding hydrogens is 372 g/mol. The van der Waals surface area contributed by atoms with Crippen molar-refractivity contribution in [2.24, 2.45) is 7.05 Å². The molecule has 2 aliphatic rings. The summed E-state index contributed by atoms with van der Waals surface area (Å²) in [4.78, 5) is 45.0. The van der Waals surface area contributed by atoms with E-state index in [-0.39, 0.29) is 23.9 Å². The molecule has 0 saturated carbocycles. The summed E-state index contributed by atoms with van der Waals surface area (Å²) in [5, 5.41) is 0. The Kier molecular flexibility index (Phi) is 4.67. The largest absolute Gasteiger partial charge is 0.466 e. The number of para-hydroxylation sites is 2. The summed E-state index contributed by atoms with van der Waals surface area (Å²) >= 11 is 0. The summed E-state index contributed by atoms with van der Waals surface area (Å²) in [5.74, 6) is -0.108. The maximum atomic E-state index is 12.6. The molecule has 2 heterocycles. The van der Waals surface area contributed by atoms with Gasteiger partial charge in [0.15, 0.2) is 11.5 Å². The Balaban J connectivity index is 1.93. The standard InChI is InChI=1S/C21H18N4O4/c1-3-29-17(26)12-13-8-10-14(11-9-13)25-16-7-5-4-6-15(16)22-18-19(25)23-21(28)24(2)20(18)27/h4-11H,3,12H2,1-2H3. The van der Waals surface area contributed by atoms with E-state index < -0.39 is 11.2 Å². The molecule has 0 spiro atoms. The molecule has 146 valence electrons. The van der Waals surface area contributed by atoms with E-state index in [0.717, 1.165) is 10.1 Å². The Morgan fingerprint density at radius 3 is 2.48 bits per heavy atom. The van der Waals surface area contributed by atoms with Crippen LogP contribution in [-0.2, 0) is 23.0 Å². The molecule has 0 bridgehead atoms. The first-order valence-corrected chi connectivity index (χ1v) is 9.13. The van der Waals surface area contributed by atoms with Gasteiger partial charge >= 0.3 is 11.7 Å². The summed E-state index contributed by atoms with van der Waals surface area (Å²) in [6.45, 7) is 2.10. The van der Waals surface area contributed by atoms with Crippen LogP contribution in [-0.4, -0.2) is 31.7 Å². The van der Waals surface area contributed by atoms with Crippen LogP contribution in [0.4, 0.5) is 0 Å². The minimum atomic E-state index is -0.646. The van der Waals surface area contributed by atoms with Gasteiger partial charge < -0.3 is 4.74 Å². The third-order valence-corrected chi connectivity index (χ3v) is 4.62. The monoisotopic (exact) mass is 390 g/mol. The lowest BCUT2D eigenvalue weighted by molar-refractivity contribution is -0.142. The molecule has 2 aromatic rings. The van der Waals surface area contributed by atoms with Crippen molar-refractivity contribution >= 4 is 17.0 Å². The van der Waals surface area contributed by atoms with E-state index in [9.17, 15) is 14.4 Å². The normalized spacial score (nSPS) is 11.1. The van der Waals surface area contributed by atoms with Gasteiger partial charge in [0.2, 0.25) is 0 Å². The van der Waals surface area contributed by atoms with Crippen molar-refractivity contribution in [3.05, 3.63) is 74.9 Å². The van der Waals surface area contributed by atoms with Gasteiger partial charge in [-0.2, -0.15) is 4.98 Å². The first-order valence-electron chi connectivity index (χ1n) is 9.13. The Morgan fingerprint density at radius 2 is 1.76 bits per heavy atom. The minimum Gasteiger partial charge on any atom is -0.466 e. The predicted molar refractivity (Wildman–Crippen MR) is 107 cm³/mol. The molecule has 8 nitrogen and oxygen atoms in total. The van der Waals surface area contributed by atoms with E-state index in [0.29, 0.717) is 23.3 Å². The smallest absolute Gasteiger partial charge is 0.352 e. The molecule has 0 saturated heterocycles. The van der Waals surface area contributed by atoms with E-state index >= 15 is 0 Å². The molecule has 2 aliphatic heterocycles. The van der Waals surface area contributed by atoms with Crippen molar-refractivity contribution < 1.29 is 9.53 Å². The molecule has 0 N–H and O–H groups in total. The molecular formula is C21H18N4O4. The van der Waals surface area contributed by atoms with Crippen LogP contribution in [0.3, 0.4) is 0 Å². The molecule has 2 aromatic carbocycles. The van der Waals surface area contributed by atoms with Crippen LogP contribution in [0, 0.1) is 0 Å². The SMILES string of the molecule is CCOC(=O)Cc1ccc(-n2c3nc(=O)n(C)c(=O)c-3nc3ccccc32)cc1. The highest BCUT2D eigenvalue weighted by atomic mass is 16.5. The van der Waals surface area contributed by atoms with Crippen LogP contribution >= 0.6 is 0 Å². The lowest BCUT2D eigenvalue weighted by Crippen LogP contribution is -2.36. The number of fused-ring (bicyclic) bond motifs is 2. The number of aromatic nitrogens is 4. The van der Waals surface area contributed by atoms with Crippen molar-refractivity contribution in [2.45, 2.75) is 13.3 Å². The van der Waals surface area contributed by atoms with E-state index in [4.69, 9.17) is 4.74 Å². The van der Waals surface area contributed by atoms with Crippen LogP contribution in [0.5, 0.6) is 0 Å². The Morgan fingerprint density at radius 1 is 1.03 bits per heavy atom. The van der Waals surface area contributed by atoms with E-state index in [1.807, 2.05) is 30.3 Å². The first kappa shape index (κ1) is 18.5. The minimum absolute atomic E-state index is 0.112. The number of ether oxygens (including phenoxy) is 1. The summed E-state index contributed by atoms with van der Waals surface area (Å²) in [6.07, 6.45) is 0.167. The van der Waals surface area contributed by atoms with Gasteiger partial charge in [-0.15, -0.1) is 0 Å². The summed E-state index contributed by atoms with van der Waals surface area (Å²) in [5.41, 5.74) is 1.77. The van der Waals surface area contributed by atoms with Crippen LogP contribution in [0.2, 0.25) is 0 Å². The Labute approximate surface area is 165 Å². The van der Waals surface area contributed by atoms with Crippen molar-refractivity contribution in [1.82, 2.24) is 19.1 Å². The van der Waals surface area contributed by atoms with Gasteiger partial charge in [0.05, 0.1) is 24.1 Å². The number of benzene rings is 2. The highest BCUT2D eigenvalue weighted by Crippen LogP contribution is 2.25. The van der Waals surface area contributed by atoms with Crippen molar-refractivity contribution in [2.75, 3.05) is 6.61 Å². The highest BCUT2D eigenvalue weighted by molar-refractivity contribution is 5.81. The van der Waals surface area contributed by atoms with E-state index in [2.05, 4.69) is 9.97 Å². The Hall–Kier alpha value is -3.81. The van der Waals surface area contributed by atoms with E-state index in [1.165, 1.54) is 7.05 Å². The Bertz CT molecular complexity index is 1310. The fraction of sp³-hybridized carbons (Fsp3) is 0.190. The average molecular weight is 390 g/mol. The number of hydrogen-bond acceptors (Lipinski definition) is 6. The average Bonchev–Trinajstić information content (AvgIpc) is 2.72. The molecule has 0 unspecified atom stereocenters. The second-order valence-electron chi connectivity index (χ2n) is 6.51. The molecule has 0 aromatic heterocycles. The molecule has 0 radical (unpaired) electrons. The van der Waals surface area contributed by atoms with Gasteiger partial charge in [-0.3, -0.25) is 18.7 Å². The lowest BCUT2D eigenvalue weighted by Gasteiger charge is -2.17. The summed E-state index contributed by atoms with van der Waals surface area (Å²) in [6, 6.07) is 14.5. The second-order valence-corrected chi connectivity index (χ2v) is 6.51. The molecule has 4 rings (SSSR count). The van der Waals surface area contributed by atoms with E-state index in [1.54, 1.807) is 29.7 Å². The van der Waals surface area contributed by atoms with Crippen LogP contribution in [0.15, 0.2) is 58.1 Å². The molecule has 29 heavy (non-hydrogen) atoms. The lowest BCUT2D eigenvalue weighted by atomic mass is 10.1. The third-order valence-electron chi connectivity index (χ3n) is 4.62. The summed E-state index contributed by atoms with van der Waals surface area (Å²) < 4.78 is 7.65. The molecule has 8 heteroatoms. The summed E-state index contributed by atoms with van der Waals surface area (Å²) in [7, 11) is 1.38. The number of rotatable bonds is 4. The quantitative estimate of drug-likeness (QED) is 0.389. The zero-order valence-electron chi connectivity index (χ0n) is 16.0. The van der Waals surface area contributed by atoms with Crippen molar-refractivity contribution in [3.63, 3.8) is 0 Å². The number of hydrogen-bond donors (Lipinski definition) is 0. The number of carbonyl (C=O) groups excluding carboxylic acids is 1. The van der Waals surface area contributed by atoms with Gasteiger partial charge in [0, 0.05) is 12.7 Å². The number of carbonyl (C=O) groups is 1. The topological polar surface area (TPSA) is 96.1 Å².